The van der Waals surface area contributed by atoms with Gasteiger partial charge in [-0.1, -0.05) is 72.8 Å². The molecule has 2 saturated heterocycles. The number of ether oxygens (including phenoxy) is 1. The first kappa shape index (κ1) is 26.5. The van der Waals surface area contributed by atoms with E-state index < -0.39 is 37.1 Å². The second-order valence-corrected chi connectivity index (χ2v) is 10.3. The molecule has 5 rings (SSSR count). The van der Waals surface area contributed by atoms with Gasteiger partial charge in [0.25, 0.3) is 0 Å². The highest BCUT2D eigenvalue weighted by Crippen LogP contribution is 2.45. The Bertz CT molecular complexity index is 1190. The van der Waals surface area contributed by atoms with Crippen molar-refractivity contribution in [3.05, 3.63) is 102 Å². The third kappa shape index (κ3) is 5.39. The summed E-state index contributed by atoms with van der Waals surface area (Å²) < 4.78 is 5.67. The quantitative estimate of drug-likeness (QED) is 0.325. The number of aliphatic hydroxyl groups excluding tert-OH is 4. The smallest absolute Gasteiger partial charge is 0.233 e. The summed E-state index contributed by atoms with van der Waals surface area (Å²) in [6, 6.07) is 27.9. The summed E-state index contributed by atoms with van der Waals surface area (Å²) in [7, 11) is 0. The van der Waals surface area contributed by atoms with Crippen LogP contribution in [0.25, 0.3) is 0 Å². The number of para-hydroxylation sites is 1. The molecule has 2 aliphatic rings. The van der Waals surface area contributed by atoms with Crippen molar-refractivity contribution < 1.29 is 30.0 Å². The number of aryl methyl sites for hydroxylation is 1. The summed E-state index contributed by atoms with van der Waals surface area (Å²) >= 11 is 0. The first-order valence-electron chi connectivity index (χ1n) is 13.3. The zero-order chi connectivity index (χ0) is 26.6. The summed E-state index contributed by atoms with van der Waals surface area (Å²) in [5.74, 6) is 0.0369. The minimum Gasteiger partial charge on any atom is -0.394 e. The number of anilines is 1. The Morgan fingerprint density at radius 3 is 2.03 bits per heavy atom. The molecule has 2 aliphatic heterocycles. The number of hydrogen-bond donors (Lipinski definition) is 4. The fourth-order valence-corrected chi connectivity index (χ4v) is 5.69. The zero-order valence-electron chi connectivity index (χ0n) is 21.2. The first-order chi connectivity index (χ1) is 18.5. The molecule has 7 heteroatoms. The van der Waals surface area contributed by atoms with Crippen molar-refractivity contribution in [2.45, 2.75) is 62.2 Å². The molecule has 3 aromatic rings. The van der Waals surface area contributed by atoms with Gasteiger partial charge in [0.05, 0.1) is 24.7 Å². The molecule has 0 radical (unpaired) electrons. The molecule has 38 heavy (non-hydrogen) atoms. The molecule has 7 atom stereocenters. The Kier molecular flexibility index (Phi) is 8.21. The van der Waals surface area contributed by atoms with E-state index in [-0.39, 0.29) is 17.9 Å². The van der Waals surface area contributed by atoms with E-state index in [0.717, 1.165) is 36.1 Å². The molecule has 0 aliphatic carbocycles. The van der Waals surface area contributed by atoms with Crippen LogP contribution in [0, 0.1) is 5.92 Å². The van der Waals surface area contributed by atoms with Gasteiger partial charge in [-0.2, -0.15) is 0 Å². The molecular weight excluding hydrogens is 482 g/mol. The van der Waals surface area contributed by atoms with Crippen molar-refractivity contribution >= 4 is 11.6 Å². The first-order valence-corrected chi connectivity index (χ1v) is 13.3. The van der Waals surface area contributed by atoms with Gasteiger partial charge >= 0.3 is 0 Å². The van der Waals surface area contributed by atoms with E-state index in [0.29, 0.717) is 6.42 Å². The van der Waals surface area contributed by atoms with E-state index in [1.807, 2.05) is 77.7 Å². The molecule has 0 aromatic heterocycles. The third-order valence-electron chi connectivity index (χ3n) is 7.82. The molecule has 0 saturated carbocycles. The average molecular weight is 518 g/mol. The predicted octanol–water partition coefficient (Wildman–Crippen LogP) is 2.80. The monoisotopic (exact) mass is 517 g/mol. The Labute approximate surface area is 222 Å². The number of rotatable bonds is 9. The lowest BCUT2D eigenvalue weighted by molar-refractivity contribution is -0.228. The summed E-state index contributed by atoms with van der Waals surface area (Å²) in [6.07, 6.45) is -2.73. The van der Waals surface area contributed by atoms with Crippen LogP contribution in [0.1, 0.15) is 35.6 Å². The Morgan fingerprint density at radius 2 is 1.37 bits per heavy atom. The van der Waals surface area contributed by atoms with Crippen LogP contribution >= 0.6 is 0 Å². The molecule has 200 valence electrons. The molecule has 7 nitrogen and oxygen atoms in total. The number of β-lactam (4-membered cyclic amide) rings is 1. The van der Waals surface area contributed by atoms with Gasteiger partial charge in [-0.25, -0.2) is 0 Å². The standard InChI is InChI=1S/C31H35NO6/c33-19-26-29(35)30(36)28(34)25(38-26)18-21-14-16-22(17-15-21)27-24(13-7-10-20-8-3-1-4-9-20)31(37)32(27)23-11-5-2-6-12-23/h1-6,8-9,11-12,14-17,24-30,33-36H,7,10,13,18-19H2/t24-,25?,26-,27-,28+,29-,30-/m1/s1. The molecule has 1 unspecified atom stereocenters. The summed E-state index contributed by atoms with van der Waals surface area (Å²) in [5.41, 5.74) is 4.08. The number of amides is 1. The van der Waals surface area contributed by atoms with Crippen LogP contribution in [-0.4, -0.2) is 63.5 Å². The van der Waals surface area contributed by atoms with E-state index in [1.54, 1.807) is 0 Å². The molecule has 0 bridgehead atoms. The molecule has 3 aromatic carbocycles. The van der Waals surface area contributed by atoms with Crippen molar-refractivity contribution in [2.75, 3.05) is 11.5 Å². The largest absolute Gasteiger partial charge is 0.394 e. The van der Waals surface area contributed by atoms with Crippen molar-refractivity contribution in [3.8, 4) is 0 Å². The number of carbonyl (C=O) groups is 1. The van der Waals surface area contributed by atoms with Crippen LogP contribution in [0.15, 0.2) is 84.9 Å². The second kappa shape index (κ2) is 11.8. The molecule has 0 spiro atoms. The lowest BCUT2D eigenvalue weighted by Crippen LogP contribution is -2.59. The molecule has 2 heterocycles. The maximum Gasteiger partial charge on any atom is 0.233 e. The topological polar surface area (TPSA) is 110 Å². The van der Waals surface area contributed by atoms with E-state index in [9.17, 15) is 25.2 Å². The number of carbonyl (C=O) groups excluding carboxylic acids is 1. The maximum atomic E-state index is 13.3. The third-order valence-corrected chi connectivity index (χ3v) is 7.82. The van der Waals surface area contributed by atoms with Crippen molar-refractivity contribution in [1.29, 1.82) is 0 Å². The highest BCUT2D eigenvalue weighted by molar-refractivity contribution is 6.03. The average Bonchev–Trinajstić information content (AvgIpc) is 2.95. The van der Waals surface area contributed by atoms with Crippen LogP contribution < -0.4 is 4.90 Å². The van der Waals surface area contributed by atoms with E-state index in [2.05, 4.69) is 12.1 Å². The lowest BCUT2D eigenvalue weighted by Gasteiger charge is -2.48. The van der Waals surface area contributed by atoms with E-state index in [1.165, 1.54) is 5.56 Å². The highest BCUT2D eigenvalue weighted by Gasteiger charge is 2.48. The van der Waals surface area contributed by atoms with Gasteiger partial charge in [-0.3, -0.25) is 4.79 Å². The number of aliphatic hydroxyl groups is 4. The highest BCUT2D eigenvalue weighted by atomic mass is 16.5. The summed E-state index contributed by atoms with van der Waals surface area (Å²) in [4.78, 5) is 15.2. The van der Waals surface area contributed by atoms with Gasteiger partial charge < -0.3 is 30.1 Å². The van der Waals surface area contributed by atoms with Crippen LogP contribution in [0.3, 0.4) is 0 Å². The predicted molar refractivity (Wildman–Crippen MR) is 143 cm³/mol. The van der Waals surface area contributed by atoms with Crippen LogP contribution in [0.5, 0.6) is 0 Å². The van der Waals surface area contributed by atoms with Crippen LogP contribution in [0.2, 0.25) is 0 Å². The molecule has 1 amide bonds. The lowest BCUT2D eigenvalue weighted by atomic mass is 9.78. The minimum absolute atomic E-state index is 0.0676. The zero-order valence-corrected chi connectivity index (χ0v) is 21.2. The normalized spacial score (nSPS) is 29.2. The van der Waals surface area contributed by atoms with Gasteiger partial charge in [0.15, 0.2) is 0 Å². The van der Waals surface area contributed by atoms with E-state index in [4.69, 9.17) is 4.74 Å². The van der Waals surface area contributed by atoms with Crippen molar-refractivity contribution in [3.63, 3.8) is 0 Å². The summed E-state index contributed by atoms with van der Waals surface area (Å²) in [5, 5.41) is 40.0. The molecule has 2 fully saturated rings. The minimum atomic E-state index is -1.39. The van der Waals surface area contributed by atoms with Gasteiger partial charge in [-0.15, -0.1) is 0 Å². The number of hydrogen-bond acceptors (Lipinski definition) is 6. The number of nitrogens with zero attached hydrogens (tertiary/aromatic N) is 1. The second-order valence-electron chi connectivity index (χ2n) is 10.3. The van der Waals surface area contributed by atoms with Gasteiger partial charge in [0.2, 0.25) is 5.91 Å². The Morgan fingerprint density at radius 1 is 0.737 bits per heavy atom. The fourth-order valence-electron chi connectivity index (χ4n) is 5.69. The van der Waals surface area contributed by atoms with E-state index >= 15 is 0 Å². The number of benzene rings is 3. The van der Waals surface area contributed by atoms with Gasteiger partial charge in [0, 0.05) is 12.1 Å². The van der Waals surface area contributed by atoms with Crippen molar-refractivity contribution in [2.24, 2.45) is 5.92 Å². The fraction of sp³-hybridized carbons (Fsp3) is 0.387. The SMILES string of the molecule is O=C1[C@H](CCCc2ccccc2)[C@@H](c2ccc(CC3O[C@H](CO)[C@@H](O)[C@H](O)[C@H]3O)cc2)N1c1ccccc1. The summed E-state index contributed by atoms with van der Waals surface area (Å²) in [6.45, 7) is -0.447. The maximum absolute atomic E-state index is 13.3. The molecular formula is C31H35NO6. The van der Waals surface area contributed by atoms with Crippen LogP contribution in [-0.2, 0) is 22.4 Å². The van der Waals surface area contributed by atoms with Gasteiger partial charge in [0.1, 0.15) is 24.4 Å². The van der Waals surface area contributed by atoms with Crippen LogP contribution in [0.4, 0.5) is 5.69 Å². The Balaban J connectivity index is 1.31. The molecule has 4 N–H and O–H groups in total. The Hall–Kier alpha value is -3.07. The van der Waals surface area contributed by atoms with Crippen molar-refractivity contribution in [1.82, 2.24) is 0 Å². The van der Waals surface area contributed by atoms with Gasteiger partial charge in [-0.05, 0) is 48.1 Å².